The van der Waals surface area contributed by atoms with Gasteiger partial charge < -0.3 is 0 Å². The average molecular weight is 223 g/mol. The topological polar surface area (TPSA) is 41.6 Å². The molecule has 1 aromatic rings. The van der Waals surface area contributed by atoms with E-state index in [1.54, 1.807) is 11.8 Å². The van der Waals surface area contributed by atoms with E-state index in [2.05, 4.69) is 18.1 Å². The van der Waals surface area contributed by atoms with Crippen molar-refractivity contribution in [2.75, 3.05) is 5.75 Å². The fourth-order valence-electron chi connectivity index (χ4n) is 1.45. The minimum atomic E-state index is 0.735. The molecule has 1 aromatic heterocycles. The second-order valence-corrected chi connectivity index (χ2v) is 4.64. The predicted molar refractivity (Wildman–Crippen MR) is 62.9 cm³/mol. The van der Waals surface area contributed by atoms with Gasteiger partial charge in [0.1, 0.15) is 16.7 Å². The van der Waals surface area contributed by atoms with Crippen molar-refractivity contribution >= 4 is 11.8 Å². The van der Waals surface area contributed by atoms with E-state index in [1.165, 1.54) is 19.3 Å². The molecule has 0 aliphatic heterocycles. The molecule has 0 aromatic carbocycles. The Balaban J connectivity index is 2.64. The summed E-state index contributed by atoms with van der Waals surface area (Å²) in [7, 11) is 1.90. The van der Waals surface area contributed by atoms with E-state index in [9.17, 15) is 0 Å². The normalized spacial score (nSPS) is 10.3. The van der Waals surface area contributed by atoms with E-state index in [1.807, 2.05) is 18.7 Å². The summed E-state index contributed by atoms with van der Waals surface area (Å²) in [5.41, 5.74) is 1.57. The SMILES string of the molecule is CCCCCSc1c(C#N)c(C)nn1C. The molecule has 0 saturated heterocycles. The van der Waals surface area contributed by atoms with Gasteiger partial charge in [-0.05, 0) is 19.1 Å². The Morgan fingerprint density at radius 2 is 2.20 bits per heavy atom. The zero-order chi connectivity index (χ0) is 11.3. The van der Waals surface area contributed by atoms with Gasteiger partial charge in [-0.2, -0.15) is 10.4 Å². The molecular formula is C11H17N3S. The van der Waals surface area contributed by atoms with Crippen molar-refractivity contribution in [1.29, 1.82) is 5.26 Å². The molecule has 3 nitrogen and oxygen atoms in total. The first kappa shape index (κ1) is 12.1. The van der Waals surface area contributed by atoms with Gasteiger partial charge in [-0.3, -0.25) is 4.68 Å². The molecule has 4 heteroatoms. The minimum absolute atomic E-state index is 0.735. The van der Waals surface area contributed by atoms with E-state index in [4.69, 9.17) is 5.26 Å². The third kappa shape index (κ3) is 3.00. The Bertz CT molecular complexity index is 363. The van der Waals surface area contributed by atoms with Crippen LogP contribution in [-0.4, -0.2) is 15.5 Å². The molecule has 1 rings (SSSR count). The fourth-order valence-corrected chi connectivity index (χ4v) is 2.56. The maximum Gasteiger partial charge on any atom is 0.112 e. The van der Waals surface area contributed by atoms with Crippen LogP contribution < -0.4 is 0 Å². The lowest BCUT2D eigenvalue weighted by Crippen LogP contribution is -1.93. The summed E-state index contributed by atoms with van der Waals surface area (Å²) < 4.78 is 1.81. The second-order valence-electron chi connectivity index (χ2n) is 3.56. The highest BCUT2D eigenvalue weighted by atomic mass is 32.2. The molecule has 0 aliphatic carbocycles. The summed E-state index contributed by atoms with van der Waals surface area (Å²) in [5.74, 6) is 1.07. The minimum Gasteiger partial charge on any atom is -0.260 e. The van der Waals surface area contributed by atoms with Gasteiger partial charge in [0, 0.05) is 7.05 Å². The monoisotopic (exact) mass is 223 g/mol. The lowest BCUT2D eigenvalue weighted by atomic mass is 10.3. The third-order valence-corrected chi connectivity index (χ3v) is 3.50. The zero-order valence-electron chi connectivity index (χ0n) is 9.58. The maximum atomic E-state index is 9.00. The molecule has 15 heavy (non-hydrogen) atoms. The van der Waals surface area contributed by atoms with E-state index >= 15 is 0 Å². The zero-order valence-corrected chi connectivity index (χ0v) is 10.4. The summed E-state index contributed by atoms with van der Waals surface area (Å²) in [6, 6.07) is 2.22. The number of nitriles is 1. The highest BCUT2D eigenvalue weighted by Gasteiger charge is 2.12. The quantitative estimate of drug-likeness (QED) is 0.569. The van der Waals surface area contributed by atoms with Gasteiger partial charge in [-0.25, -0.2) is 0 Å². The number of hydrogen-bond acceptors (Lipinski definition) is 3. The molecule has 0 spiro atoms. The molecule has 0 amide bonds. The van der Waals surface area contributed by atoms with Crippen molar-refractivity contribution in [3.8, 4) is 6.07 Å². The molecule has 0 fully saturated rings. The summed E-state index contributed by atoms with van der Waals surface area (Å²) in [6.07, 6.45) is 3.69. The van der Waals surface area contributed by atoms with Crippen molar-refractivity contribution in [2.24, 2.45) is 7.05 Å². The molecule has 0 unspecified atom stereocenters. The summed E-state index contributed by atoms with van der Waals surface area (Å²) in [4.78, 5) is 0. The lowest BCUT2D eigenvalue weighted by molar-refractivity contribution is 0.690. The number of hydrogen-bond donors (Lipinski definition) is 0. The number of thioether (sulfide) groups is 1. The van der Waals surface area contributed by atoms with Gasteiger partial charge in [0.25, 0.3) is 0 Å². The highest BCUT2D eigenvalue weighted by Crippen LogP contribution is 2.24. The largest absolute Gasteiger partial charge is 0.260 e. The molecule has 82 valence electrons. The van der Waals surface area contributed by atoms with Crippen LogP contribution in [-0.2, 0) is 7.05 Å². The Morgan fingerprint density at radius 1 is 1.47 bits per heavy atom. The summed E-state index contributed by atoms with van der Waals surface area (Å²) in [5, 5.41) is 14.3. The molecular weight excluding hydrogens is 206 g/mol. The van der Waals surface area contributed by atoms with Crippen molar-refractivity contribution in [3.05, 3.63) is 11.3 Å². The lowest BCUT2D eigenvalue weighted by Gasteiger charge is -2.01. The van der Waals surface area contributed by atoms with Crippen LogP contribution in [0.1, 0.15) is 37.4 Å². The molecule has 0 N–H and O–H groups in total. The number of nitrogens with zero attached hydrogens (tertiary/aromatic N) is 3. The third-order valence-electron chi connectivity index (χ3n) is 2.27. The van der Waals surface area contributed by atoms with Crippen LogP contribution >= 0.6 is 11.8 Å². The summed E-state index contributed by atoms with van der Waals surface area (Å²) >= 11 is 1.74. The van der Waals surface area contributed by atoms with E-state index in [-0.39, 0.29) is 0 Å². The average Bonchev–Trinajstić information content (AvgIpc) is 2.48. The second kappa shape index (κ2) is 5.82. The standard InChI is InChI=1S/C11H17N3S/c1-4-5-6-7-15-11-10(8-12)9(2)13-14(11)3/h4-7H2,1-3H3. The smallest absolute Gasteiger partial charge is 0.112 e. The van der Waals surface area contributed by atoms with Crippen LogP contribution in [0.5, 0.6) is 0 Å². The van der Waals surface area contributed by atoms with E-state index in [0.717, 1.165) is 22.0 Å². The van der Waals surface area contributed by atoms with Crippen LogP contribution in [0.4, 0.5) is 0 Å². The first-order valence-corrected chi connectivity index (χ1v) is 6.25. The number of aryl methyl sites for hydroxylation is 2. The van der Waals surface area contributed by atoms with Gasteiger partial charge in [0.15, 0.2) is 0 Å². The van der Waals surface area contributed by atoms with Gasteiger partial charge >= 0.3 is 0 Å². The fraction of sp³-hybridized carbons (Fsp3) is 0.636. The Hall–Kier alpha value is -0.950. The maximum absolute atomic E-state index is 9.00. The van der Waals surface area contributed by atoms with Crippen molar-refractivity contribution in [1.82, 2.24) is 9.78 Å². The molecule has 0 bridgehead atoms. The van der Waals surface area contributed by atoms with Crippen molar-refractivity contribution in [3.63, 3.8) is 0 Å². The van der Waals surface area contributed by atoms with Gasteiger partial charge in [-0.15, -0.1) is 11.8 Å². The van der Waals surface area contributed by atoms with Crippen molar-refractivity contribution < 1.29 is 0 Å². The van der Waals surface area contributed by atoms with Gasteiger partial charge in [0.2, 0.25) is 0 Å². The molecule has 1 heterocycles. The van der Waals surface area contributed by atoms with Crippen LogP contribution in [0.3, 0.4) is 0 Å². The van der Waals surface area contributed by atoms with Gasteiger partial charge in [-0.1, -0.05) is 19.8 Å². The highest BCUT2D eigenvalue weighted by molar-refractivity contribution is 7.99. The first-order valence-electron chi connectivity index (χ1n) is 5.27. The summed E-state index contributed by atoms with van der Waals surface area (Å²) in [6.45, 7) is 4.08. The number of aromatic nitrogens is 2. The van der Waals surface area contributed by atoms with Gasteiger partial charge in [0.05, 0.1) is 5.69 Å². The molecule has 0 saturated carbocycles. The Labute approximate surface area is 95.5 Å². The Morgan fingerprint density at radius 3 is 2.80 bits per heavy atom. The van der Waals surface area contributed by atoms with Crippen LogP contribution in [0, 0.1) is 18.3 Å². The first-order chi connectivity index (χ1) is 7.20. The number of unbranched alkanes of at least 4 members (excludes halogenated alkanes) is 2. The molecule has 0 aliphatic rings. The van der Waals surface area contributed by atoms with E-state index in [0.29, 0.717) is 0 Å². The van der Waals surface area contributed by atoms with E-state index < -0.39 is 0 Å². The molecule has 0 atom stereocenters. The van der Waals surface area contributed by atoms with Crippen LogP contribution in [0.2, 0.25) is 0 Å². The molecule has 0 radical (unpaired) electrons. The number of rotatable bonds is 5. The Kier molecular flexibility index (Phi) is 4.70. The van der Waals surface area contributed by atoms with Crippen LogP contribution in [0.25, 0.3) is 0 Å². The predicted octanol–water partition coefficient (Wildman–Crippen LogP) is 2.88. The van der Waals surface area contributed by atoms with Crippen molar-refractivity contribution in [2.45, 2.75) is 38.1 Å². The van der Waals surface area contributed by atoms with Crippen LogP contribution in [0.15, 0.2) is 5.03 Å².